The number of hydrogen-bond acceptors (Lipinski definition) is 5. The molecule has 0 atom stereocenters. The molecule has 5 heteroatoms. The van der Waals surface area contributed by atoms with Crippen LogP contribution >= 0.6 is 34.9 Å². The first-order valence-electron chi connectivity index (χ1n) is 8.87. The van der Waals surface area contributed by atoms with E-state index in [1.54, 1.807) is 0 Å². The molecule has 3 aromatic rings. The van der Waals surface area contributed by atoms with E-state index in [9.17, 15) is 0 Å². The molecule has 2 aromatic carbocycles. The van der Waals surface area contributed by atoms with Gasteiger partial charge in [0.05, 0.1) is 13.2 Å². The van der Waals surface area contributed by atoms with E-state index in [-0.39, 0.29) is 13.2 Å². The highest BCUT2D eigenvalue weighted by Crippen LogP contribution is 2.27. The summed E-state index contributed by atoms with van der Waals surface area (Å²) in [5, 5.41) is 18.2. The Morgan fingerprint density at radius 3 is 1.26 bits per heavy atom. The summed E-state index contributed by atoms with van der Waals surface area (Å²) in [6.07, 6.45) is 0. The van der Waals surface area contributed by atoms with E-state index < -0.39 is 0 Å². The van der Waals surface area contributed by atoms with Crippen LogP contribution < -0.4 is 0 Å². The van der Waals surface area contributed by atoms with Crippen molar-refractivity contribution in [2.75, 3.05) is 0 Å². The molecule has 0 fully saturated rings. The molecule has 2 nitrogen and oxygen atoms in total. The first-order valence-corrected chi connectivity index (χ1v) is 12.0. The fourth-order valence-corrected chi connectivity index (χ4v) is 5.83. The summed E-state index contributed by atoms with van der Waals surface area (Å²) < 4.78 is 0. The minimum absolute atomic E-state index is 0.109. The van der Waals surface area contributed by atoms with E-state index in [4.69, 9.17) is 10.2 Å². The van der Waals surface area contributed by atoms with Gasteiger partial charge in [-0.25, -0.2) is 0 Å². The molecule has 0 saturated carbocycles. The lowest BCUT2D eigenvalue weighted by Gasteiger charge is -2.03. The summed E-state index contributed by atoms with van der Waals surface area (Å²) in [7, 11) is 0. The lowest BCUT2D eigenvalue weighted by Crippen LogP contribution is -1.85. The Kier molecular flexibility index (Phi) is 8.30. The van der Waals surface area contributed by atoms with Crippen molar-refractivity contribution in [3.8, 4) is 0 Å². The van der Waals surface area contributed by atoms with Crippen molar-refractivity contribution < 1.29 is 10.2 Å². The number of hydrogen-bond donors (Lipinski definition) is 2. The number of thioether (sulfide) groups is 2. The van der Waals surface area contributed by atoms with Crippen LogP contribution in [0.5, 0.6) is 0 Å². The van der Waals surface area contributed by atoms with E-state index in [1.165, 1.54) is 20.9 Å². The molecule has 0 aliphatic rings. The third kappa shape index (κ3) is 6.70. The maximum Gasteiger partial charge on any atom is 0.0681 e. The topological polar surface area (TPSA) is 40.5 Å². The van der Waals surface area contributed by atoms with E-state index in [0.29, 0.717) is 0 Å². The Hall–Kier alpha value is -1.24. The van der Waals surface area contributed by atoms with Gasteiger partial charge in [-0.1, -0.05) is 48.5 Å². The molecule has 27 heavy (non-hydrogen) atoms. The molecule has 1 aromatic heterocycles. The maximum atomic E-state index is 9.09. The standard InChI is InChI=1S/C22H24O2S3/c23-11-17-1-5-19(6-2-17)13-25-15-21-9-10-22(27-21)16-26-14-20-7-3-18(12-24)4-8-20/h1-10,23-24H,11-16H2. The van der Waals surface area contributed by atoms with Gasteiger partial charge in [-0.15, -0.1) is 11.3 Å². The first-order chi connectivity index (χ1) is 13.3. The predicted molar refractivity (Wildman–Crippen MR) is 119 cm³/mol. The number of rotatable bonds is 10. The summed E-state index contributed by atoms with van der Waals surface area (Å²) in [6.45, 7) is 0.217. The second-order valence-electron chi connectivity index (χ2n) is 6.30. The lowest BCUT2D eigenvalue weighted by molar-refractivity contribution is 0.281. The van der Waals surface area contributed by atoms with Crippen LogP contribution in [0, 0.1) is 0 Å². The van der Waals surface area contributed by atoms with Gasteiger partial charge >= 0.3 is 0 Å². The fourth-order valence-electron chi connectivity index (χ4n) is 2.60. The number of aliphatic hydroxyl groups excluding tert-OH is 2. The summed E-state index contributed by atoms with van der Waals surface area (Å²) in [6, 6.07) is 20.9. The zero-order valence-corrected chi connectivity index (χ0v) is 17.6. The zero-order chi connectivity index (χ0) is 18.9. The van der Waals surface area contributed by atoms with Gasteiger partial charge < -0.3 is 10.2 Å². The molecule has 0 aliphatic heterocycles. The van der Waals surface area contributed by atoms with Gasteiger partial charge in [-0.3, -0.25) is 0 Å². The molecule has 0 aliphatic carbocycles. The van der Waals surface area contributed by atoms with Crippen molar-refractivity contribution in [3.63, 3.8) is 0 Å². The molecular formula is C22H24O2S3. The SMILES string of the molecule is OCc1ccc(CSCc2ccc(CSCc3ccc(CO)cc3)s2)cc1. The lowest BCUT2D eigenvalue weighted by atomic mass is 10.2. The Bertz CT molecular complexity index is 742. The second kappa shape index (κ2) is 10.9. The van der Waals surface area contributed by atoms with Crippen LogP contribution in [-0.2, 0) is 36.2 Å². The fraction of sp³-hybridized carbons (Fsp3) is 0.273. The molecule has 0 bridgehead atoms. The van der Waals surface area contributed by atoms with E-state index >= 15 is 0 Å². The van der Waals surface area contributed by atoms with Crippen LogP contribution in [0.25, 0.3) is 0 Å². The molecule has 0 spiro atoms. The minimum Gasteiger partial charge on any atom is -0.392 e. The normalized spacial score (nSPS) is 11.0. The quantitative estimate of drug-likeness (QED) is 0.451. The highest BCUT2D eigenvalue weighted by molar-refractivity contribution is 7.98. The van der Waals surface area contributed by atoms with Crippen molar-refractivity contribution >= 4 is 34.9 Å². The van der Waals surface area contributed by atoms with Crippen LogP contribution in [-0.4, -0.2) is 10.2 Å². The van der Waals surface area contributed by atoms with E-state index in [1.807, 2.05) is 59.1 Å². The highest BCUT2D eigenvalue weighted by Gasteiger charge is 2.03. The van der Waals surface area contributed by atoms with Gasteiger partial charge in [-0.2, -0.15) is 23.5 Å². The van der Waals surface area contributed by atoms with Crippen LogP contribution in [0.4, 0.5) is 0 Å². The third-order valence-electron chi connectivity index (χ3n) is 4.15. The molecule has 0 radical (unpaired) electrons. The molecule has 1 heterocycles. The Labute approximate surface area is 173 Å². The summed E-state index contributed by atoms with van der Waals surface area (Å²) in [5.74, 6) is 4.08. The van der Waals surface area contributed by atoms with Crippen LogP contribution in [0.3, 0.4) is 0 Å². The third-order valence-corrected chi connectivity index (χ3v) is 7.71. The van der Waals surface area contributed by atoms with Crippen molar-refractivity contribution in [1.29, 1.82) is 0 Å². The largest absolute Gasteiger partial charge is 0.392 e. The van der Waals surface area contributed by atoms with Gasteiger partial charge in [-0.05, 0) is 34.4 Å². The molecule has 142 valence electrons. The van der Waals surface area contributed by atoms with Crippen molar-refractivity contribution in [1.82, 2.24) is 0 Å². The van der Waals surface area contributed by atoms with Gasteiger partial charge in [0, 0.05) is 32.8 Å². The molecule has 0 saturated heterocycles. The Balaban J connectivity index is 1.38. The summed E-state index contributed by atoms with van der Waals surface area (Å²) in [4.78, 5) is 2.85. The monoisotopic (exact) mass is 416 g/mol. The van der Waals surface area contributed by atoms with Gasteiger partial charge in [0.25, 0.3) is 0 Å². The first kappa shape index (κ1) is 20.5. The average Bonchev–Trinajstić information content (AvgIpc) is 3.17. The average molecular weight is 417 g/mol. The van der Waals surface area contributed by atoms with E-state index in [0.717, 1.165) is 34.1 Å². The van der Waals surface area contributed by atoms with Gasteiger partial charge in [0.1, 0.15) is 0 Å². The second-order valence-corrected chi connectivity index (χ2v) is 9.53. The van der Waals surface area contributed by atoms with Crippen molar-refractivity contribution in [3.05, 3.63) is 92.7 Å². The Morgan fingerprint density at radius 1 is 0.519 bits per heavy atom. The van der Waals surface area contributed by atoms with Gasteiger partial charge in [0.15, 0.2) is 0 Å². The molecule has 0 amide bonds. The van der Waals surface area contributed by atoms with Crippen molar-refractivity contribution in [2.24, 2.45) is 0 Å². The molecule has 2 N–H and O–H groups in total. The van der Waals surface area contributed by atoms with Crippen LogP contribution in [0.1, 0.15) is 32.0 Å². The molecule has 3 rings (SSSR count). The van der Waals surface area contributed by atoms with E-state index in [2.05, 4.69) is 36.4 Å². The zero-order valence-electron chi connectivity index (χ0n) is 15.1. The number of thiophene rings is 1. The van der Waals surface area contributed by atoms with Crippen LogP contribution in [0.15, 0.2) is 60.7 Å². The number of benzene rings is 2. The predicted octanol–water partition coefficient (Wildman–Crippen LogP) is 5.60. The van der Waals surface area contributed by atoms with Crippen molar-refractivity contribution in [2.45, 2.75) is 36.2 Å². The smallest absolute Gasteiger partial charge is 0.0681 e. The molecular weight excluding hydrogens is 392 g/mol. The Morgan fingerprint density at radius 2 is 0.889 bits per heavy atom. The minimum atomic E-state index is 0.109. The highest BCUT2D eigenvalue weighted by atomic mass is 32.2. The molecule has 0 unspecified atom stereocenters. The van der Waals surface area contributed by atoms with Crippen LogP contribution in [0.2, 0.25) is 0 Å². The summed E-state index contributed by atoms with van der Waals surface area (Å²) in [5.41, 5.74) is 4.54. The number of aliphatic hydroxyl groups is 2. The maximum absolute atomic E-state index is 9.09. The van der Waals surface area contributed by atoms with Gasteiger partial charge in [0.2, 0.25) is 0 Å². The summed E-state index contributed by atoms with van der Waals surface area (Å²) >= 11 is 5.77.